The molecule has 0 fully saturated rings. The summed E-state index contributed by atoms with van der Waals surface area (Å²) in [4.78, 5) is -0.681. The van der Waals surface area contributed by atoms with Crippen molar-refractivity contribution >= 4 is 55.0 Å². The van der Waals surface area contributed by atoms with Crippen LogP contribution in [0.25, 0.3) is 6.08 Å². The average Bonchev–Trinajstić information content (AvgIpc) is 2.49. The van der Waals surface area contributed by atoms with E-state index >= 15 is 0 Å². The first-order valence-corrected chi connectivity index (χ1v) is 10.3. The highest BCUT2D eigenvalue weighted by Crippen LogP contribution is 2.24. The molecule has 0 aliphatic heterocycles. The van der Waals surface area contributed by atoms with Gasteiger partial charge in [0.1, 0.15) is 10.7 Å². The highest BCUT2D eigenvalue weighted by molar-refractivity contribution is 7.95. The maximum atomic E-state index is 13.2. The predicted molar refractivity (Wildman–Crippen MR) is 95.8 cm³/mol. The number of nitrogens with one attached hydrogen (secondary N) is 1. The van der Waals surface area contributed by atoms with Gasteiger partial charge < -0.3 is 0 Å². The van der Waals surface area contributed by atoms with Gasteiger partial charge in [0.15, 0.2) is 0 Å². The van der Waals surface area contributed by atoms with Crippen molar-refractivity contribution in [3.05, 3.63) is 63.2 Å². The Morgan fingerprint density at radius 1 is 1.00 bits per heavy atom. The SMILES string of the molecule is NS(=O)(=O)c1cc(F)ccc1NS(=O)(=O)C=Cc1ccc(Cl)c(Cl)c1. The summed E-state index contributed by atoms with van der Waals surface area (Å²) in [6.07, 6.45) is 1.23. The quantitative estimate of drug-likeness (QED) is 0.767. The molecule has 0 aliphatic carbocycles. The second kappa shape index (κ2) is 7.30. The molecule has 0 saturated heterocycles. The minimum atomic E-state index is -4.33. The number of hydrogen-bond donors (Lipinski definition) is 2. The van der Waals surface area contributed by atoms with Gasteiger partial charge in [0.05, 0.1) is 21.1 Å². The van der Waals surface area contributed by atoms with E-state index in [1.807, 2.05) is 4.72 Å². The number of nitrogens with two attached hydrogens (primary N) is 1. The zero-order chi connectivity index (χ0) is 18.8. The third kappa shape index (κ3) is 5.41. The number of rotatable bonds is 5. The molecule has 0 heterocycles. The van der Waals surface area contributed by atoms with Crippen molar-refractivity contribution in [3.63, 3.8) is 0 Å². The van der Waals surface area contributed by atoms with Crippen LogP contribution in [0.4, 0.5) is 10.1 Å². The van der Waals surface area contributed by atoms with Gasteiger partial charge in [-0.05, 0) is 42.0 Å². The molecular formula is C14H11Cl2FN2O4S2. The first-order chi connectivity index (χ1) is 11.5. The van der Waals surface area contributed by atoms with Crippen molar-refractivity contribution in [2.24, 2.45) is 5.14 Å². The largest absolute Gasteiger partial charge is 0.279 e. The summed E-state index contributed by atoms with van der Waals surface area (Å²) in [5.41, 5.74) is 0.0771. The number of primary sulfonamides is 1. The molecule has 0 amide bonds. The van der Waals surface area contributed by atoms with Crippen LogP contribution in [0.5, 0.6) is 0 Å². The highest BCUT2D eigenvalue weighted by Gasteiger charge is 2.18. The first kappa shape index (κ1) is 19.7. The summed E-state index contributed by atoms with van der Waals surface area (Å²) < 4.78 is 62.4. The number of benzene rings is 2. The van der Waals surface area contributed by atoms with Crippen molar-refractivity contribution < 1.29 is 21.2 Å². The monoisotopic (exact) mass is 424 g/mol. The number of anilines is 1. The maximum absolute atomic E-state index is 13.2. The average molecular weight is 425 g/mol. The van der Waals surface area contributed by atoms with Gasteiger partial charge in [-0.1, -0.05) is 29.3 Å². The Morgan fingerprint density at radius 2 is 1.68 bits per heavy atom. The van der Waals surface area contributed by atoms with Crippen LogP contribution in [-0.4, -0.2) is 16.8 Å². The molecule has 2 rings (SSSR count). The van der Waals surface area contributed by atoms with E-state index in [0.717, 1.165) is 17.5 Å². The van der Waals surface area contributed by atoms with E-state index in [0.29, 0.717) is 16.7 Å². The van der Waals surface area contributed by atoms with Crippen LogP contribution in [0.15, 0.2) is 46.7 Å². The van der Waals surface area contributed by atoms with E-state index in [-0.39, 0.29) is 10.7 Å². The molecular weight excluding hydrogens is 414 g/mol. The van der Waals surface area contributed by atoms with Gasteiger partial charge >= 0.3 is 0 Å². The van der Waals surface area contributed by atoms with Gasteiger partial charge in [-0.15, -0.1) is 0 Å². The number of halogens is 3. The lowest BCUT2D eigenvalue weighted by Crippen LogP contribution is -2.17. The Kier molecular flexibility index (Phi) is 5.75. The normalized spacial score (nSPS) is 12.5. The summed E-state index contributed by atoms with van der Waals surface area (Å²) in [7, 11) is -8.43. The second-order valence-corrected chi connectivity index (χ2v) is 8.72. The van der Waals surface area contributed by atoms with Crippen molar-refractivity contribution in [2.75, 3.05) is 4.72 Å². The third-order valence-corrected chi connectivity index (χ3v) is 5.57. The Hall–Kier alpha value is -1.65. The molecule has 0 radical (unpaired) electrons. The van der Waals surface area contributed by atoms with E-state index in [1.165, 1.54) is 24.3 Å². The van der Waals surface area contributed by atoms with Crippen LogP contribution in [-0.2, 0) is 20.0 Å². The van der Waals surface area contributed by atoms with E-state index in [1.54, 1.807) is 0 Å². The van der Waals surface area contributed by atoms with Crippen molar-refractivity contribution in [3.8, 4) is 0 Å². The fraction of sp³-hybridized carbons (Fsp3) is 0. The standard InChI is InChI=1S/C14H11Cl2FN2O4S2/c15-11-3-1-9(7-12(11)16)5-6-24(20,21)19-13-4-2-10(17)8-14(13)25(18,22)23/h1-8,19H,(H2,18,22,23). The Balaban J connectivity index is 2.33. The van der Waals surface area contributed by atoms with E-state index in [4.69, 9.17) is 28.3 Å². The summed E-state index contributed by atoms with van der Waals surface area (Å²) in [5.74, 6) is -0.877. The fourth-order valence-electron chi connectivity index (χ4n) is 1.79. The zero-order valence-corrected chi connectivity index (χ0v) is 15.4. The summed E-state index contributed by atoms with van der Waals surface area (Å²) >= 11 is 11.6. The van der Waals surface area contributed by atoms with E-state index in [2.05, 4.69) is 0 Å². The number of hydrogen-bond acceptors (Lipinski definition) is 4. The van der Waals surface area contributed by atoms with Crippen LogP contribution < -0.4 is 9.86 Å². The molecule has 0 saturated carbocycles. The molecule has 25 heavy (non-hydrogen) atoms. The Bertz CT molecular complexity index is 1050. The molecule has 0 atom stereocenters. The lowest BCUT2D eigenvalue weighted by Gasteiger charge is -2.09. The molecule has 134 valence electrons. The molecule has 0 bridgehead atoms. The first-order valence-electron chi connectivity index (χ1n) is 6.46. The van der Waals surface area contributed by atoms with Gasteiger partial charge in [0.2, 0.25) is 10.0 Å². The maximum Gasteiger partial charge on any atom is 0.255 e. The third-order valence-electron chi connectivity index (χ3n) is 2.89. The molecule has 3 N–H and O–H groups in total. The molecule has 0 unspecified atom stereocenters. The molecule has 0 spiro atoms. The Morgan fingerprint density at radius 3 is 2.28 bits per heavy atom. The van der Waals surface area contributed by atoms with Crippen LogP contribution in [0.2, 0.25) is 10.0 Å². The molecule has 0 aliphatic rings. The van der Waals surface area contributed by atoms with Gasteiger partial charge in [-0.25, -0.2) is 26.4 Å². The van der Waals surface area contributed by atoms with Crippen molar-refractivity contribution in [1.29, 1.82) is 0 Å². The lowest BCUT2D eigenvalue weighted by molar-refractivity contribution is 0.593. The summed E-state index contributed by atoms with van der Waals surface area (Å²) in [6.45, 7) is 0. The summed E-state index contributed by atoms with van der Waals surface area (Å²) in [6, 6.07) is 6.95. The van der Waals surface area contributed by atoms with Crippen LogP contribution in [0.1, 0.15) is 5.56 Å². The molecule has 6 nitrogen and oxygen atoms in total. The van der Waals surface area contributed by atoms with Gasteiger partial charge in [-0.3, -0.25) is 4.72 Å². The fourth-order valence-corrected chi connectivity index (χ4v) is 3.75. The molecule has 0 aromatic heterocycles. The van der Waals surface area contributed by atoms with Crippen molar-refractivity contribution in [2.45, 2.75) is 4.90 Å². The van der Waals surface area contributed by atoms with Crippen LogP contribution in [0.3, 0.4) is 0 Å². The smallest absolute Gasteiger partial charge is 0.255 e. The van der Waals surface area contributed by atoms with E-state index < -0.39 is 30.8 Å². The molecule has 2 aromatic rings. The van der Waals surface area contributed by atoms with Crippen LogP contribution in [0, 0.1) is 5.82 Å². The lowest BCUT2D eigenvalue weighted by atomic mass is 10.2. The summed E-state index contributed by atoms with van der Waals surface area (Å²) in [5, 5.41) is 6.31. The van der Waals surface area contributed by atoms with Crippen molar-refractivity contribution in [1.82, 2.24) is 0 Å². The molecule has 2 aromatic carbocycles. The van der Waals surface area contributed by atoms with E-state index in [9.17, 15) is 21.2 Å². The minimum absolute atomic E-state index is 0.240. The number of sulfonamides is 2. The minimum Gasteiger partial charge on any atom is -0.279 e. The highest BCUT2D eigenvalue weighted by atomic mass is 35.5. The van der Waals surface area contributed by atoms with Gasteiger partial charge in [0.25, 0.3) is 10.0 Å². The topological polar surface area (TPSA) is 106 Å². The van der Waals surface area contributed by atoms with Gasteiger partial charge in [-0.2, -0.15) is 0 Å². The zero-order valence-electron chi connectivity index (χ0n) is 12.3. The molecule has 11 heteroatoms. The second-order valence-electron chi connectivity index (χ2n) is 4.81. The Labute approximate surface area is 154 Å². The van der Waals surface area contributed by atoms with Gasteiger partial charge in [0, 0.05) is 0 Å². The van der Waals surface area contributed by atoms with Crippen LogP contribution >= 0.6 is 23.2 Å². The predicted octanol–water partition coefficient (Wildman–Crippen LogP) is 3.19.